The number of rotatable bonds is 2. The van der Waals surface area contributed by atoms with Gasteiger partial charge >= 0.3 is 0 Å². The molecule has 2 rings (SSSR count). The summed E-state index contributed by atoms with van der Waals surface area (Å²) in [5.74, 6) is 0.376. The molecule has 2 saturated heterocycles. The maximum absolute atomic E-state index is 12.4. The molecule has 0 saturated carbocycles. The Labute approximate surface area is 115 Å². The van der Waals surface area contributed by atoms with Crippen molar-refractivity contribution >= 4 is 15.7 Å². The Hall–Kier alpha value is -0.620. The Balaban J connectivity index is 2.04. The number of carbonyl (C=O) groups is 1. The van der Waals surface area contributed by atoms with Crippen molar-refractivity contribution in [1.82, 2.24) is 10.2 Å². The minimum atomic E-state index is -3.22. The SMILES string of the molecule is CNC1CCN(C(=O)C2CCCCS2(=O)=O)CC1C. The molecule has 0 spiro atoms. The topological polar surface area (TPSA) is 66.5 Å². The molecular weight excluding hydrogens is 264 g/mol. The average molecular weight is 288 g/mol. The van der Waals surface area contributed by atoms with Gasteiger partial charge in [-0.1, -0.05) is 13.3 Å². The van der Waals surface area contributed by atoms with E-state index in [4.69, 9.17) is 0 Å². The molecule has 6 heteroatoms. The molecule has 2 heterocycles. The average Bonchev–Trinajstić information content (AvgIpc) is 2.37. The summed E-state index contributed by atoms with van der Waals surface area (Å²) in [7, 11) is -1.28. The van der Waals surface area contributed by atoms with E-state index in [2.05, 4.69) is 12.2 Å². The highest BCUT2D eigenvalue weighted by Crippen LogP contribution is 2.24. The van der Waals surface area contributed by atoms with E-state index in [1.54, 1.807) is 4.90 Å². The number of piperidine rings is 1. The lowest BCUT2D eigenvalue weighted by Gasteiger charge is -2.38. The van der Waals surface area contributed by atoms with E-state index >= 15 is 0 Å². The van der Waals surface area contributed by atoms with Crippen molar-refractivity contribution in [2.24, 2.45) is 5.92 Å². The summed E-state index contributed by atoms with van der Waals surface area (Å²) in [6.45, 7) is 3.44. The number of nitrogens with one attached hydrogen (secondary N) is 1. The summed E-state index contributed by atoms with van der Waals surface area (Å²) in [5, 5.41) is 2.47. The first kappa shape index (κ1) is 14.8. The number of carbonyl (C=O) groups excluding carboxylic acids is 1. The first-order valence-corrected chi connectivity index (χ1v) is 8.85. The normalized spacial score (nSPS) is 35.1. The standard InChI is InChI=1S/C13H24N2O3S/c1-10-9-15(7-6-11(10)14-2)13(16)12-5-3-4-8-19(12,17)18/h10-12,14H,3-9H2,1-2H3. The van der Waals surface area contributed by atoms with Gasteiger partial charge in [0.1, 0.15) is 5.25 Å². The summed E-state index contributed by atoms with van der Waals surface area (Å²) in [6.07, 6.45) is 2.94. The van der Waals surface area contributed by atoms with Crippen molar-refractivity contribution in [3.8, 4) is 0 Å². The molecule has 19 heavy (non-hydrogen) atoms. The van der Waals surface area contributed by atoms with Gasteiger partial charge in [0.05, 0.1) is 5.75 Å². The van der Waals surface area contributed by atoms with Gasteiger partial charge < -0.3 is 10.2 Å². The molecule has 0 aliphatic carbocycles. The van der Waals surface area contributed by atoms with Crippen LogP contribution in [-0.4, -0.2) is 56.4 Å². The second kappa shape index (κ2) is 5.79. The molecule has 0 aromatic heterocycles. The Morgan fingerprint density at radius 2 is 2.00 bits per heavy atom. The zero-order valence-corrected chi connectivity index (χ0v) is 12.6. The molecule has 0 aromatic rings. The Bertz CT molecular complexity index is 435. The van der Waals surface area contributed by atoms with Crippen LogP contribution in [0.2, 0.25) is 0 Å². The van der Waals surface area contributed by atoms with Crippen molar-refractivity contribution in [2.75, 3.05) is 25.9 Å². The third kappa shape index (κ3) is 3.11. The highest BCUT2D eigenvalue weighted by atomic mass is 32.2. The minimum absolute atomic E-state index is 0.166. The van der Waals surface area contributed by atoms with Gasteiger partial charge in [-0.3, -0.25) is 4.79 Å². The molecule has 1 N–H and O–H groups in total. The summed E-state index contributed by atoms with van der Waals surface area (Å²) in [5.41, 5.74) is 0. The van der Waals surface area contributed by atoms with E-state index in [9.17, 15) is 13.2 Å². The smallest absolute Gasteiger partial charge is 0.240 e. The molecule has 2 aliphatic rings. The van der Waals surface area contributed by atoms with E-state index < -0.39 is 15.1 Å². The monoisotopic (exact) mass is 288 g/mol. The summed E-state index contributed by atoms with van der Waals surface area (Å²) in [6, 6.07) is 0.423. The van der Waals surface area contributed by atoms with Gasteiger partial charge in [0.25, 0.3) is 0 Å². The van der Waals surface area contributed by atoms with Crippen LogP contribution in [0.25, 0.3) is 0 Å². The molecule has 0 radical (unpaired) electrons. The predicted molar refractivity (Wildman–Crippen MR) is 74.6 cm³/mol. The summed E-state index contributed by atoms with van der Waals surface area (Å²) < 4.78 is 24.0. The maximum Gasteiger partial charge on any atom is 0.240 e. The lowest BCUT2D eigenvalue weighted by atomic mass is 9.93. The van der Waals surface area contributed by atoms with E-state index in [-0.39, 0.29) is 11.7 Å². The van der Waals surface area contributed by atoms with Gasteiger partial charge in [-0.2, -0.15) is 0 Å². The van der Waals surface area contributed by atoms with Crippen LogP contribution in [0, 0.1) is 5.92 Å². The van der Waals surface area contributed by atoms with E-state index in [0.717, 1.165) is 12.8 Å². The van der Waals surface area contributed by atoms with Gasteiger partial charge in [0, 0.05) is 19.1 Å². The van der Waals surface area contributed by atoms with Gasteiger partial charge in [-0.05, 0) is 32.2 Å². The van der Waals surface area contributed by atoms with Crippen molar-refractivity contribution in [2.45, 2.75) is 43.9 Å². The minimum Gasteiger partial charge on any atom is -0.341 e. The van der Waals surface area contributed by atoms with E-state index in [1.165, 1.54) is 0 Å². The Morgan fingerprint density at radius 1 is 1.26 bits per heavy atom. The first-order valence-electron chi connectivity index (χ1n) is 7.13. The molecule has 2 fully saturated rings. The van der Waals surface area contributed by atoms with Gasteiger partial charge in [-0.15, -0.1) is 0 Å². The first-order chi connectivity index (χ1) is 8.95. The van der Waals surface area contributed by atoms with E-state index in [1.807, 2.05) is 7.05 Å². The number of hydrogen-bond donors (Lipinski definition) is 1. The Kier molecular flexibility index (Phi) is 4.50. The quantitative estimate of drug-likeness (QED) is 0.799. The second-order valence-corrected chi connectivity index (χ2v) is 8.10. The van der Waals surface area contributed by atoms with Gasteiger partial charge in [-0.25, -0.2) is 8.42 Å². The van der Waals surface area contributed by atoms with Crippen LogP contribution >= 0.6 is 0 Å². The molecule has 0 bridgehead atoms. The molecule has 0 aromatic carbocycles. The lowest BCUT2D eigenvalue weighted by molar-refractivity contribution is -0.133. The second-order valence-electron chi connectivity index (χ2n) is 5.80. The van der Waals surface area contributed by atoms with Crippen molar-refractivity contribution in [3.05, 3.63) is 0 Å². The number of hydrogen-bond acceptors (Lipinski definition) is 4. The van der Waals surface area contributed by atoms with Crippen molar-refractivity contribution < 1.29 is 13.2 Å². The molecule has 3 atom stereocenters. The lowest BCUT2D eigenvalue weighted by Crippen LogP contribution is -2.53. The van der Waals surface area contributed by atoms with Crippen LogP contribution < -0.4 is 5.32 Å². The number of amides is 1. The number of sulfone groups is 1. The van der Waals surface area contributed by atoms with Crippen LogP contribution in [0.3, 0.4) is 0 Å². The third-order valence-electron chi connectivity index (χ3n) is 4.44. The number of likely N-dealkylation sites (tertiary alicyclic amines) is 1. The summed E-state index contributed by atoms with van der Waals surface area (Å²) in [4.78, 5) is 14.2. The fourth-order valence-electron chi connectivity index (χ4n) is 3.21. The molecule has 1 amide bonds. The third-order valence-corrected chi connectivity index (χ3v) is 6.60. The Morgan fingerprint density at radius 3 is 2.58 bits per heavy atom. The van der Waals surface area contributed by atoms with Crippen LogP contribution in [-0.2, 0) is 14.6 Å². The molecular formula is C13H24N2O3S. The zero-order valence-electron chi connectivity index (χ0n) is 11.8. The largest absolute Gasteiger partial charge is 0.341 e. The van der Waals surface area contributed by atoms with Crippen LogP contribution in [0.1, 0.15) is 32.6 Å². The zero-order chi connectivity index (χ0) is 14.0. The van der Waals surface area contributed by atoms with Crippen LogP contribution in [0.4, 0.5) is 0 Å². The molecule has 2 aliphatic heterocycles. The molecule has 5 nitrogen and oxygen atoms in total. The van der Waals surface area contributed by atoms with Crippen LogP contribution in [0.5, 0.6) is 0 Å². The van der Waals surface area contributed by atoms with Gasteiger partial charge in [0.15, 0.2) is 9.84 Å². The predicted octanol–water partition coefficient (Wildman–Crippen LogP) is 0.410. The highest BCUT2D eigenvalue weighted by molar-refractivity contribution is 7.92. The van der Waals surface area contributed by atoms with E-state index in [0.29, 0.717) is 37.9 Å². The van der Waals surface area contributed by atoms with Crippen molar-refractivity contribution in [3.63, 3.8) is 0 Å². The highest BCUT2D eigenvalue weighted by Gasteiger charge is 2.39. The summed E-state index contributed by atoms with van der Waals surface area (Å²) >= 11 is 0. The maximum atomic E-state index is 12.4. The van der Waals surface area contributed by atoms with Crippen molar-refractivity contribution in [1.29, 1.82) is 0 Å². The fraction of sp³-hybridized carbons (Fsp3) is 0.923. The molecule has 110 valence electrons. The van der Waals surface area contributed by atoms with Crippen LogP contribution in [0.15, 0.2) is 0 Å². The van der Waals surface area contributed by atoms with Gasteiger partial charge in [0.2, 0.25) is 5.91 Å². The molecule has 3 unspecified atom stereocenters. The fourth-order valence-corrected chi connectivity index (χ4v) is 5.08. The number of nitrogens with zero attached hydrogens (tertiary/aromatic N) is 1.